The number of benzene rings is 1. The molecule has 0 saturated carbocycles. The van der Waals surface area contributed by atoms with E-state index in [4.69, 9.17) is 9.72 Å². The van der Waals surface area contributed by atoms with Crippen LogP contribution in [0.5, 0.6) is 5.88 Å². The van der Waals surface area contributed by atoms with Gasteiger partial charge in [0.2, 0.25) is 11.8 Å². The number of piperazine rings is 1. The van der Waals surface area contributed by atoms with E-state index in [0.717, 1.165) is 31.0 Å². The molecule has 43 heavy (non-hydrogen) atoms. The summed E-state index contributed by atoms with van der Waals surface area (Å²) in [5.41, 5.74) is 2.53. The first-order chi connectivity index (χ1) is 20.4. The molecule has 0 radical (unpaired) electrons. The third kappa shape index (κ3) is 5.90. The van der Waals surface area contributed by atoms with Gasteiger partial charge in [0.1, 0.15) is 18.2 Å². The van der Waals surface area contributed by atoms with Crippen LogP contribution in [0, 0.1) is 18.3 Å². The Balaban J connectivity index is 1.58. The SMILES string of the molecule is C=CC(=O)N1C[C@H](C)N(c2c(C#N)c(OCC3CCCN3C)nc3c2CCN(c2c(C)cccc2C(F)(F)F)C3)C[C@H]1C. The van der Waals surface area contributed by atoms with Crippen LogP contribution in [0.1, 0.15) is 54.6 Å². The summed E-state index contributed by atoms with van der Waals surface area (Å²) in [6, 6.07) is 6.52. The van der Waals surface area contributed by atoms with E-state index in [1.165, 1.54) is 12.1 Å². The number of carbonyl (C=O) groups excluding carboxylic acids is 1. The van der Waals surface area contributed by atoms with Crippen molar-refractivity contribution in [1.29, 1.82) is 5.26 Å². The van der Waals surface area contributed by atoms with E-state index >= 15 is 0 Å². The maximum Gasteiger partial charge on any atom is 0.418 e. The number of alkyl halides is 3. The summed E-state index contributed by atoms with van der Waals surface area (Å²) in [6.07, 6.45) is -0.730. The number of para-hydroxylation sites is 1. The molecule has 230 valence electrons. The van der Waals surface area contributed by atoms with Crippen molar-refractivity contribution in [3.63, 3.8) is 0 Å². The third-order valence-corrected chi connectivity index (χ3v) is 9.08. The van der Waals surface area contributed by atoms with E-state index in [1.54, 1.807) is 22.8 Å². The molecule has 2 fully saturated rings. The molecule has 3 atom stereocenters. The van der Waals surface area contributed by atoms with Gasteiger partial charge in [0.25, 0.3) is 0 Å². The Morgan fingerprint density at radius 2 is 1.98 bits per heavy atom. The highest BCUT2D eigenvalue weighted by Gasteiger charge is 2.39. The van der Waals surface area contributed by atoms with E-state index in [0.29, 0.717) is 55.2 Å². The molecular formula is C32H39F3N6O2. The van der Waals surface area contributed by atoms with Crippen molar-refractivity contribution >= 4 is 17.3 Å². The van der Waals surface area contributed by atoms with Crippen LogP contribution >= 0.6 is 0 Å². The number of hydrogen-bond acceptors (Lipinski definition) is 7. The van der Waals surface area contributed by atoms with Crippen LogP contribution < -0.4 is 14.5 Å². The van der Waals surface area contributed by atoms with Crippen LogP contribution in [-0.4, -0.2) is 78.7 Å². The lowest BCUT2D eigenvalue weighted by atomic mass is 9.95. The number of aromatic nitrogens is 1. The molecule has 0 N–H and O–H groups in total. The van der Waals surface area contributed by atoms with Crippen LogP contribution in [0.25, 0.3) is 0 Å². The van der Waals surface area contributed by atoms with Crippen molar-refractivity contribution in [1.82, 2.24) is 14.8 Å². The molecule has 0 aliphatic carbocycles. The number of ether oxygens (including phenoxy) is 1. The minimum atomic E-state index is -4.50. The zero-order valence-corrected chi connectivity index (χ0v) is 25.2. The minimum absolute atomic E-state index is 0.126. The molecular weight excluding hydrogens is 557 g/mol. The lowest BCUT2D eigenvalue weighted by molar-refractivity contribution is -0.137. The number of amides is 1. The second-order valence-electron chi connectivity index (χ2n) is 12.0. The Bertz CT molecular complexity index is 1440. The van der Waals surface area contributed by atoms with Crippen molar-refractivity contribution in [3.8, 4) is 11.9 Å². The highest BCUT2D eigenvalue weighted by molar-refractivity contribution is 5.87. The maximum absolute atomic E-state index is 14.1. The Labute approximate surface area is 251 Å². The van der Waals surface area contributed by atoms with Crippen LogP contribution in [0.2, 0.25) is 0 Å². The predicted octanol–water partition coefficient (Wildman–Crippen LogP) is 4.93. The number of pyridine rings is 1. The number of fused-ring (bicyclic) bond motifs is 1. The van der Waals surface area contributed by atoms with Crippen molar-refractivity contribution in [3.05, 3.63) is 58.8 Å². The van der Waals surface area contributed by atoms with E-state index < -0.39 is 11.7 Å². The first-order valence-electron chi connectivity index (χ1n) is 14.8. The number of aryl methyl sites for hydroxylation is 1. The van der Waals surface area contributed by atoms with Crippen LogP contribution in [0.15, 0.2) is 30.9 Å². The maximum atomic E-state index is 14.1. The van der Waals surface area contributed by atoms with Gasteiger partial charge in [0.15, 0.2) is 0 Å². The predicted molar refractivity (Wildman–Crippen MR) is 159 cm³/mol. The van der Waals surface area contributed by atoms with Crippen molar-refractivity contribution in [2.45, 2.75) is 70.9 Å². The smallest absolute Gasteiger partial charge is 0.418 e. The molecule has 1 aromatic carbocycles. The minimum Gasteiger partial charge on any atom is -0.475 e. The van der Waals surface area contributed by atoms with Gasteiger partial charge in [0.05, 0.1) is 29.2 Å². The van der Waals surface area contributed by atoms with E-state index in [2.05, 4.69) is 22.4 Å². The molecule has 1 amide bonds. The van der Waals surface area contributed by atoms with Crippen LogP contribution in [0.4, 0.5) is 24.5 Å². The summed E-state index contributed by atoms with van der Waals surface area (Å²) < 4.78 is 48.5. The summed E-state index contributed by atoms with van der Waals surface area (Å²) in [6.45, 7) is 12.1. The van der Waals surface area contributed by atoms with Gasteiger partial charge in [-0.25, -0.2) is 4.98 Å². The largest absolute Gasteiger partial charge is 0.475 e. The summed E-state index contributed by atoms with van der Waals surface area (Å²) in [7, 11) is 2.04. The molecule has 8 nitrogen and oxygen atoms in total. The summed E-state index contributed by atoms with van der Waals surface area (Å²) in [5, 5.41) is 10.5. The van der Waals surface area contributed by atoms with Gasteiger partial charge in [-0.05, 0) is 71.3 Å². The summed E-state index contributed by atoms with van der Waals surface area (Å²) in [4.78, 5) is 25.3. The molecule has 0 spiro atoms. The molecule has 4 heterocycles. The molecule has 2 saturated heterocycles. The molecule has 0 bridgehead atoms. The van der Waals surface area contributed by atoms with Gasteiger partial charge in [-0.2, -0.15) is 18.4 Å². The number of hydrogen-bond donors (Lipinski definition) is 0. The fourth-order valence-electron chi connectivity index (χ4n) is 6.78. The van der Waals surface area contributed by atoms with Gasteiger partial charge in [-0.15, -0.1) is 0 Å². The number of anilines is 2. The molecule has 1 aromatic heterocycles. The third-order valence-electron chi connectivity index (χ3n) is 9.08. The fraction of sp³-hybridized carbons (Fsp3) is 0.531. The first-order valence-corrected chi connectivity index (χ1v) is 14.8. The number of likely N-dealkylation sites (tertiary alicyclic amines) is 1. The average molecular weight is 597 g/mol. The zero-order chi connectivity index (χ0) is 31.1. The normalized spacial score (nSPS) is 22.7. The Kier molecular flexibility index (Phi) is 8.61. The highest BCUT2D eigenvalue weighted by atomic mass is 19.4. The number of rotatable bonds is 6. The number of carbonyl (C=O) groups is 1. The molecule has 3 aliphatic rings. The Morgan fingerprint density at radius 3 is 2.63 bits per heavy atom. The Morgan fingerprint density at radius 1 is 1.21 bits per heavy atom. The number of likely N-dealkylation sites (N-methyl/N-ethyl adjacent to an activating group) is 1. The van der Waals surface area contributed by atoms with Crippen molar-refractivity contribution < 1.29 is 22.7 Å². The molecule has 1 unspecified atom stereocenters. The van der Waals surface area contributed by atoms with Crippen LogP contribution in [0.3, 0.4) is 0 Å². The molecule has 2 aromatic rings. The molecule has 3 aliphatic heterocycles. The highest BCUT2D eigenvalue weighted by Crippen LogP contribution is 2.43. The van der Waals surface area contributed by atoms with Crippen molar-refractivity contribution in [2.75, 3.05) is 49.6 Å². The molecule has 11 heteroatoms. The first kappa shape index (κ1) is 30.7. The summed E-state index contributed by atoms with van der Waals surface area (Å²) >= 11 is 0. The fourth-order valence-corrected chi connectivity index (χ4v) is 6.78. The van der Waals surface area contributed by atoms with E-state index in [-0.39, 0.29) is 42.1 Å². The van der Waals surface area contributed by atoms with Gasteiger partial charge < -0.3 is 24.3 Å². The quantitative estimate of drug-likeness (QED) is 0.438. The van der Waals surface area contributed by atoms with E-state index in [9.17, 15) is 23.2 Å². The number of halogens is 3. The number of nitrogens with zero attached hydrogens (tertiary/aromatic N) is 6. The zero-order valence-electron chi connectivity index (χ0n) is 25.2. The average Bonchev–Trinajstić information content (AvgIpc) is 3.39. The van der Waals surface area contributed by atoms with E-state index in [1.807, 2.05) is 20.9 Å². The Hall–Kier alpha value is -3.78. The second kappa shape index (κ2) is 12.1. The standard InChI is InChI=1S/C32H39F3N6O2/c1-6-28(42)40-16-22(4)41(17-21(40)3)30-24-12-14-39(29-20(2)9-7-11-26(29)32(33,34)35)18-27(24)37-31(25(30)15-36)43-19-23-10-8-13-38(23)5/h6-7,9,11,21-23H,1,8,10,12-14,16-19H2,2-5H3/t21-,22+,23?/m1/s1. The van der Waals surface area contributed by atoms with Gasteiger partial charge in [-0.3, -0.25) is 4.79 Å². The monoisotopic (exact) mass is 596 g/mol. The van der Waals surface area contributed by atoms with Crippen molar-refractivity contribution in [2.24, 2.45) is 0 Å². The second-order valence-corrected chi connectivity index (χ2v) is 12.0. The topological polar surface area (TPSA) is 75.9 Å². The van der Waals surface area contributed by atoms with Gasteiger partial charge >= 0.3 is 6.18 Å². The summed E-state index contributed by atoms with van der Waals surface area (Å²) in [5.74, 6) is 0.0685. The lowest BCUT2D eigenvalue weighted by Gasteiger charge is -2.46. The lowest BCUT2D eigenvalue weighted by Crippen LogP contribution is -2.58. The van der Waals surface area contributed by atoms with Gasteiger partial charge in [0, 0.05) is 43.3 Å². The van der Waals surface area contributed by atoms with Gasteiger partial charge in [-0.1, -0.05) is 18.7 Å². The number of nitriles is 1. The van der Waals surface area contributed by atoms with Crippen LogP contribution in [-0.2, 0) is 23.9 Å². The molecule has 5 rings (SSSR count).